The van der Waals surface area contributed by atoms with Crippen LogP contribution in [0.4, 0.5) is 10.5 Å². The van der Waals surface area contributed by atoms with Crippen molar-refractivity contribution in [2.45, 2.75) is 52.6 Å². The van der Waals surface area contributed by atoms with Crippen LogP contribution in [0.2, 0.25) is 0 Å². The van der Waals surface area contributed by atoms with Crippen LogP contribution >= 0.6 is 0 Å². The molecule has 1 aliphatic heterocycles. The van der Waals surface area contributed by atoms with Crippen LogP contribution in [-0.2, 0) is 13.0 Å². The van der Waals surface area contributed by atoms with Gasteiger partial charge in [0.15, 0.2) is 5.82 Å². The summed E-state index contributed by atoms with van der Waals surface area (Å²) in [5, 5.41) is 10.4. The van der Waals surface area contributed by atoms with Crippen molar-refractivity contribution < 1.29 is 9.53 Å². The molecule has 0 fully saturated rings. The number of rotatable bonds is 5. The molecule has 0 spiro atoms. The Balaban J connectivity index is 1.67. The molecule has 2 amide bonds. The second-order valence-electron chi connectivity index (χ2n) is 6.17. The molecule has 3 rings (SSSR count). The number of carbonyl (C=O) groups excluding carboxylic acids is 1. The highest BCUT2D eigenvalue weighted by Gasteiger charge is 2.25. The lowest BCUT2D eigenvalue weighted by molar-refractivity contribution is 0.244. The summed E-state index contributed by atoms with van der Waals surface area (Å²) in [6, 6.07) is 5.29. The highest BCUT2D eigenvalue weighted by Crippen LogP contribution is 2.25. The zero-order valence-corrected chi connectivity index (χ0v) is 15.0. The molecule has 2 N–H and O–H groups in total. The first-order valence-corrected chi connectivity index (χ1v) is 8.85. The van der Waals surface area contributed by atoms with Crippen molar-refractivity contribution in [3.8, 4) is 5.75 Å². The molecule has 2 heterocycles. The van der Waals surface area contributed by atoms with Crippen molar-refractivity contribution in [1.82, 2.24) is 20.1 Å². The van der Waals surface area contributed by atoms with Gasteiger partial charge in [0.05, 0.1) is 12.6 Å². The smallest absolute Gasteiger partial charge is 0.319 e. The number of carbonyl (C=O) groups is 1. The van der Waals surface area contributed by atoms with Gasteiger partial charge in [0.25, 0.3) is 0 Å². The molecule has 0 aliphatic carbocycles. The van der Waals surface area contributed by atoms with Gasteiger partial charge in [-0.3, -0.25) is 0 Å². The van der Waals surface area contributed by atoms with Gasteiger partial charge < -0.3 is 15.4 Å². The first-order valence-electron chi connectivity index (χ1n) is 8.85. The number of nitrogens with one attached hydrogen (secondary N) is 2. The molecule has 0 saturated heterocycles. The van der Waals surface area contributed by atoms with E-state index in [9.17, 15) is 4.79 Å². The van der Waals surface area contributed by atoms with Crippen molar-refractivity contribution in [2.75, 3.05) is 11.9 Å². The Morgan fingerprint density at radius 2 is 2.24 bits per heavy atom. The highest BCUT2D eigenvalue weighted by molar-refractivity contribution is 5.89. The quantitative estimate of drug-likeness (QED) is 0.873. The Morgan fingerprint density at radius 1 is 1.40 bits per heavy atom. The number of hydrogen-bond acceptors (Lipinski definition) is 4. The number of benzene rings is 1. The lowest BCUT2D eigenvalue weighted by Gasteiger charge is -2.23. The number of amides is 2. The van der Waals surface area contributed by atoms with E-state index in [2.05, 4.69) is 20.7 Å². The topological polar surface area (TPSA) is 81.1 Å². The number of ether oxygens (including phenoxy) is 1. The summed E-state index contributed by atoms with van der Waals surface area (Å²) in [4.78, 5) is 17.0. The Kier molecular flexibility index (Phi) is 5.21. The fraction of sp³-hybridized carbons (Fsp3) is 0.500. The minimum Gasteiger partial charge on any atom is -0.494 e. The average Bonchev–Trinajstić information content (AvgIpc) is 3.02. The van der Waals surface area contributed by atoms with Gasteiger partial charge in [0.1, 0.15) is 11.6 Å². The standard InChI is InChI=1S/C18H25N5O2/c1-4-16-21-17-14(7-6-10-23(17)22-16)20-18(24)19-13-9-8-12(3)15(11-13)25-5-2/h8-9,11,14H,4-7,10H2,1-3H3,(H2,19,20,24). The van der Waals surface area contributed by atoms with Crippen LogP contribution in [0.1, 0.15) is 49.9 Å². The predicted molar refractivity (Wildman–Crippen MR) is 95.9 cm³/mol. The average molecular weight is 343 g/mol. The van der Waals surface area contributed by atoms with Crippen molar-refractivity contribution in [3.05, 3.63) is 35.4 Å². The number of urea groups is 1. The van der Waals surface area contributed by atoms with E-state index in [1.54, 1.807) is 0 Å². The van der Waals surface area contributed by atoms with E-state index in [0.29, 0.717) is 12.3 Å². The number of aryl methyl sites for hydroxylation is 3. The van der Waals surface area contributed by atoms with Crippen LogP contribution in [0.25, 0.3) is 0 Å². The van der Waals surface area contributed by atoms with Crippen LogP contribution in [-0.4, -0.2) is 27.4 Å². The molecule has 1 aliphatic rings. The maximum absolute atomic E-state index is 12.4. The number of aromatic nitrogens is 3. The van der Waals surface area contributed by atoms with Gasteiger partial charge in [0.2, 0.25) is 0 Å². The minimum absolute atomic E-state index is 0.113. The van der Waals surface area contributed by atoms with Crippen molar-refractivity contribution in [2.24, 2.45) is 0 Å². The van der Waals surface area contributed by atoms with Gasteiger partial charge >= 0.3 is 6.03 Å². The minimum atomic E-state index is -0.245. The summed E-state index contributed by atoms with van der Waals surface area (Å²) < 4.78 is 7.49. The van der Waals surface area contributed by atoms with E-state index in [4.69, 9.17) is 4.74 Å². The molecule has 7 nitrogen and oxygen atoms in total. The van der Waals surface area contributed by atoms with Crippen LogP contribution < -0.4 is 15.4 Å². The lowest BCUT2D eigenvalue weighted by Crippen LogP contribution is -2.36. The van der Waals surface area contributed by atoms with E-state index in [-0.39, 0.29) is 12.1 Å². The largest absolute Gasteiger partial charge is 0.494 e. The fourth-order valence-electron chi connectivity index (χ4n) is 3.00. The van der Waals surface area contributed by atoms with Crippen LogP contribution in [0.5, 0.6) is 5.75 Å². The first-order chi connectivity index (χ1) is 12.1. The number of anilines is 1. The zero-order valence-electron chi connectivity index (χ0n) is 15.0. The fourth-order valence-corrected chi connectivity index (χ4v) is 3.00. The van der Waals surface area contributed by atoms with Crippen LogP contribution in [0.15, 0.2) is 18.2 Å². The highest BCUT2D eigenvalue weighted by atomic mass is 16.5. The molecule has 0 radical (unpaired) electrons. The SMILES string of the molecule is CCOc1cc(NC(=O)NC2CCCn3nc(CC)nc32)ccc1C. The zero-order chi connectivity index (χ0) is 17.8. The molecule has 134 valence electrons. The Morgan fingerprint density at radius 3 is 3.00 bits per heavy atom. The molecule has 1 atom stereocenters. The van der Waals surface area contributed by atoms with E-state index in [1.165, 1.54) is 0 Å². The summed E-state index contributed by atoms with van der Waals surface area (Å²) in [7, 11) is 0. The van der Waals surface area contributed by atoms with Gasteiger partial charge in [-0.15, -0.1) is 0 Å². The van der Waals surface area contributed by atoms with Crippen molar-refractivity contribution in [1.29, 1.82) is 0 Å². The number of hydrogen-bond donors (Lipinski definition) is 2. The third-order valence-electron chi connectivity index (χ3n) is 4.29. The third-order valence-corrected chi connectivity index (χ3v) is 4.29. The van der Waals surface area contributed by atoms with E-state index in [1.807, 2.05) is 43.7 Å². The van der Waals surface area contributed by atoms with Gasteiger partial charge in [-0.2, -0.15) is 5.10 Å². The van der Waals surface area contributed by atoms with E-state index < -0.39 is 0 Å². The Labute approximate surface area is 147 Å². The summed E-state index contributed by atoms with van der Waals surface area (Å²) in [6.45, 7) is 7.40. The molecule has 1 aromatic carbocycles. The van der Waals surface area contributed by atoms with Crippen LogP contribution in [0.3, 0.4) is 0 Å². The second-order valence-corrected chi connectivity index (χ2v) is 6.17. The molecule has 2 aromatic rings. The third kappa shape index (κ3) is 3.92. The molecule has 1 unspecified atom stereocenters. The summed E-state index contributed by atoms with van der Waals surface area (Å²) in [5.41, 5.74) is 1.75. The van der Waals surface area contributed by atoms with Gasteiger partial charge in [0, 0.05) is 24.7 Å². The molecular weight excluding hydrogens is 318 g/mol. The molecular formula is C18H25N5O2. The monoisotopic (exact) mass is 343 g/mol. The molecule has 1 aromatic heterocycles. The number of nitrogens with zero attached hydrogens (tertiary/aromatic N) is 3. The van der Waals surface area contributed by atoms with Gasteiger partial charge in [-0.1, -0.05) is 13.0 Å². The molecule has 7 heteroatoms. The van der Waals surface area contributed by atoms with Gasteiger partial charge in [-0.05, 0) is 38.3 Å². The van der Waals surface area contributed by atoms with Crippen molar-refractivity contribution >= 4 is 11.7 Å². The first kappa shape index (κ1) is 17.3. The predicted octanol–water partition coefficient (Wildman–Crippen LogP) is 3.20. The second kappa shape index (κ2) is 7.55. The van der Waals surface area contributed by atoms with E-state index >= 15 is 0 Å². The van der Waals surface area contributed by atoms with Crippen LogP contribution in [0, 0.1) is 6.92 Å². The normalized spacial score (nSPS) is 16.2. The summed E-state index contributed by atoms with van der Waals surface area (Å²) >= 11 is 0. The van der Waals surface area contributed by atoms with E-state index in [0.717, 1.165) is 48.8 Å². The number of fused-ring (bicyclic) bond motifs is 1. The maximum Gasteiger partial charge on any atom is 0.319 e. The maximum atomic E-state index is 12.4. The Hall–Kier alpha value is -2.57. The molecule has 0 saturated carbocycles. The van der Waals surface area contributed by atoms with Crippen molar-refractivity contribution in [3.63, 3.8) is 0 Å². The summed E-state index contributed by atoms with van der Waals surface area (Å²) in [6.07, 6.45) is 2.64. The molecule has 25 heavy (non-hydrogen) atoms. The lowest BCUT2D eigenvalue weighted by atomic mass is 10.1. The van der Waals surface area contributed by atoms with Gasteiger partial charge in [-0.25, -0.2) is 14.5 Å². The summed E-state index contributed by atoms with van der Waals surface area (Å²) in [5.74, 6) is 2.45. The Bertz CT molecular complexity index is 756. The molecule has 0 bridgehead atoms.